The minimum Gasteiger partial charge on any atom is -0.314 e. The average Bonchev–Trinajstić information content (AvgIpc) is 3.48. The number of hydrogen-bond acceptors (Lipinski definition) is 5. The number of thiazole rings is 1. The standard InChI is InChI=1S/C26H26N4O3S/c1-15-5-8-18(9-6-15)30-13-17(12-22(30)31)23(32)28-25-27-20(14-34-25)16-7-10-21-19(11-16)26(2,3)24(33)29(21)4/h5-11,14,17H,12-13H2,1-4H3,(H,27,28,32). The van der Waals surface area contributed by atoms with Crippen LogP contribution in [0.3, 0.4) is 0 Å². The summed E-state index contributed by atoms with van der Waals surface area (Å²) in [5, 5.41) is 5.27. The number of aromatic nitrogens is 1. The molecule has 34 heavy (non-hydrogen) atoms. The Hall–Kier alpha value is -3.52. The zero-order chi connectivity index (χ0) is 24.2. The van der Waals surface area contributed by atoms with Crippen molar-refractivity contribution in [3.63, 3.8) is 0 Å². The van der Waals surface area contributed by atoms with E-state index in [2.05, 4.69) is 10.3 Å². The number of fused-ring (bicyclic) bond motifs is 1. The van der Waals surface area contributed by atoms with Crippen LogP contribution in [0.2, 0.25) is 0 Å². The first-order chi connectivity index (χ1) is 16.1. The van der Waals surface area contributed by atoms with Crippen molar-refractivity contribution in [2.24, 2.45) is 5.92 Å². The van der Waals surface area contributed by atoms with E-state index in [4.69, 9.17) is 0 Å². The monoisotopic (exact) mass is 474 g/mol. The summed E-state index contributed by atoms with van der Waals surface area (Å²) in [6.07, 6.45) is 0.180. The number of aryl methyl sites for hydroxylation is 1. The Bertz CT molecular complexity index is 1310. The lowest BCUT2D eigenvalue weighted by molar-refractivity contribution is -0.122. The molecule has 3 aromatic rings. The third kappa shape index (κ3) is 3.68. The fourth-order valence-electron chi connectivity index (χ4n) is 4.66. The number of carbonyl (C=O) groups excluding carboxylic acids is 3. The summed E-state index contributed by atoms with van der Waals surface area (Å²) in [4.78, 5) is 45.9. The lowest BCUT2D eigenvalue weighted by Gasteiger charge is -2.16. The van der Waals surface area contributed by atoms with Gasteiger partial charge in [-0.2, -0.15) is 0 Å². The van der Waals surface area contributed by atoms with E-state index >= 15 is 0 Å². The van der Waals surface area contributed by atoms with Crippen LogP contribution in [0.4, 0.5) is 16.5 Å². The maximum absolute atomic E-state index is 12.9. The van der Waals surface area contributed by atoms with Crippen LogP contribution in [-0.2, 0) is 19.8 Å². The molecule has 7 nitrogen and oxygen atoms in total. The highest BCUT2D eigenvalue weighted by atomic mass is 32.1. The lowest BCUT2D eigenvalue weighted by Crippen LogP contribution is -2.33. The summed E-state index contributed by atoms with van der Waals surface area (Å²) in [6.45, 7) is 6.21. The number of likely N-dealkylation sites (N-methyl/N-ethyl adjacent to an activating group) is 1. The van der Waals surface area contributed by atoms with Gasteiger partial charge in [-0.05, 0) is 50.6 Å². The molecule has 0 radical (unpaired) electrons. The Morgan fingerprint density at radius 1 is 1.15 bits per heavy atom. The van der Waals surface area contributed by atoms with Crippen LogP contribution < -0.4 is 15.1 Å². The van der Waals surface area contributed by atoms with Crippen LogP contribution in [0.5, 0.6) is 0 Å². The van der Waals surface area contributed by atoms with Gasteiger partial charge in [0.1, 0.15) is 0 Å². The molecule has 5 rings (SSSR count). The van der Waals surface area contributed by atoms with Crippen LogP contribution >= 0.6 is 11.3 Å². The minimum atomic E-state index is -0.592. The van der Waals surface area contributed by atoms with Gasteiger partial charge in [0.2, 0.25) is 17.7 Å². The lowest BCUT2D eigenvalue weighted by atomic mass is 9.85. The highest BCUT2D eigenvalue weighted by Crippen LogP contribution is 2.42. The Labute approximate surface area is 202 Å². The number of anilines is 3. The number of benzene rings is 2. The van der Waals surface area contributed by atoms with Gasteiger partial charge in [0.25, 0.3) is 0 Å². The van der Waals surface area contributed by atoms with Crippen LogP contribution in [0.1, 0.15) is 31.4 Å². The molecule has 8 heteroatoms. The van der Waals surface area contributed by atoms with Crippen LogP contribution in [0.15, 0.2) is 47.8 Å². The predicted molar refractivity (Wildman–Crippen MR) is 134 cm³/mol. The molecule has 1 fully saturated rings. The number of rotatable bonds is 4. The second kappa shape index (κ2) is 8.06. The SMILES string of the molecule is Cc1ccc(N2CC(C(=O)Nc3nc(-c4ccc5c(c4)C(C)(C)C(=O)N5C)cs3)CC2=O)cc1. The predicted octanol–water partition coefficient (Wildman–Crippen LogP) is 4.36. The van der Waals surface area contributed by atoms with Crippen molar-refractivity contribution in [3.8, 4) is 11.3 Å². The van der Waals surface area contributed by atoms with E-state index in [0.717, 1.165) is 33.8 Å². The van der Waals surface area contributed by atoms with E-state index < -0.39 is 11.3 Å². The smallest absolute Gasteiger partial charge is 0.236 e. The Morgan fingerprint density at radius 3 is 2.62 bits per heavy atom. The molecule has 2 aromatic carbocycles. The molecule has 1 aromatic heterocycles. The summed E-state index contributed by atoms with van der Waals surface area (Å²) in [7, 11) is 1.79. The van der Waals surface area contributed by atoms with Gasteiger partial charge in [-0.15, -0.1) is 11.3 Å². The van der Waals surface area contributed by atoms with E-state index in [1.165, 1.54) is 11.3 Å². The molecule has 3 amide bonds. The normalized spacial score (nSPS) is 19.0. The van der Waals surface area contributed by atoms with Crippen molar-refractivity contribution in [1.82, 2.24) is 4.98 Å². The zero-order valence-corrected chi connectivity index (χ0v) is 20.4. The van der Waals surface area contributed by atoms with E-state index in [1.54, 1.807) is 16.8 Å². The number of carbonyl (C=O) groups is 3. The highest BCUT2D eigenvalue weighted by molar-refractivity contribution is 7.14. The molecule has 0 aliphatic carbocycles. The van der Waals surface area contributed by atoms with Gasteiger partial charge in [-0.25, -0.2) is 4.98 Å². The van der Waals surface area contributed by atoms with Crippen molar-refractivity contribution in [1.29, 1.82) is 0 Å². The van der Waals surface area contributed by atoms with Crippen molar-refractivity contribution in [2.75, 3.05) is 28.7 Å². The van der Waals surface area contributed by atoms with Gasteiger partial charge in [-0.1, -0.05) is 23.8 Å². The second-order valence-electron chi connectivity index (χ2n) is 9.49. The van der Waals surface area contributed by atoms with E-state index in [-0.39, 0.29) is 24.1 Å². The molecular weight excluding hydrogens is 448 g/mol. The summed E-state index contributed by atoms with van der Waals surface area (Å²) < 4.78 is 0. The van der Waals surface area contributed by atoms with Gasteiger partial charge in [0.15, 0.2) is 5.13 Å². The van der Waals surface area contributed by atoms with Gasteiger partial charge in [-0.3, -0.25) is 14.4 Å². The molecule has 0 spiro atoms. The Kier molecular flexibility index (Phi) is 5.28. The summed E-state index contributed by atoms with van der Waals surface area (Å²) in [6, 6.07) is 13.6. The van der Waals surface area contributed by atoms with Crippen molar-refractivity contribution < 1.29 is 14.4 Å². The van der Waals surface area contributed by atoms with E-state index in [0.29, 0.717) is 11.7 Å². The largest absolute Gasteiger partial charge is 0.314 e. The quantitative estimate of drug-likeness (QED) is 0.609. The number of amides is 3. The minimum absolute atomic E-state index is 0.0518. The summed E-state index contributed by atoms with van der Waals surface area (Å²) in [5.74, 6) is -0.615. The van der Waals surface area contributed by atoms with Crippen LogP contribution in [0, 0.1) is 12.8 Å². The number of nitrogens with one attached hydrogen (secondary N) is 1. The van der Waals surface area contributed by atoms with Gasteiger partial charge in [0, 0.05) is 42.3 Å². The highest BCUT2D eigenvalue weighted by Gasteiger charge is 2.42. The van der Waals surface area contributed by atoms with Gasteiger partial charge in [0.05, 0.1) is 17.0 Å². The van der Waals surface area contributed by atoms with Gasteiger partial charge >= 0.3 is 0 Å². The molecule has 1 N–H and O–H groups in total. The zero-order valence-electron chi connectivity index (χ0n) is 19.6. The summed E-state index contributed by atoms with van der Waals surface area (Å²) in [5.41, 5.74) is 4.85. The first-order valence-corrected chi connectivity index (χ1v) is 12.1. The molecule has 1 atom stereocenters. The Morgan fingerprint density at radius 2 is 1.88 bits per heavy atom. The first-order valence-electron chi connectivity index (χ1n) is 11.2. The molecule has 3 heterocycles. The first kappa shape index (κ1) is 22.3. The maximum Gasteiger partial charge on any atom is 0.236 e. The maximum atomic E-state index is 12.9. The molecule has 1 saturated heterocycles. The molecule has 1 unspecified atom stereocenters. The average molecular weight is 475 g/mol. The van der Waals surface area contributed by atoms with Crippen molar-refractivity contribution in [2.45, 2.75) is 32.6 Å². The van der Waals surface area contributed by atoms with Gasteiger partial charge < -0.3 is 15.1 Å². The van der Waals surface area contributed by atoms with E-state index in [9.17, 15) is 14.4 Å². The molecule has 2 aliphatic rings. The van der Waals surface area contributed by atoms with E-state index in [1.807, 2.05) is 68.6 Å². The second-order valence-corrected chi connectivity index (χ2v) is 10.3. The molecule has 174 valence electrons. The summed E-state index contributed by atoms with van der Waals surface area (Å²) >= 11 is 1.35. The molecular formula is C26H26N4O3S. The van der Waals surface area contributed by atoms with Crippen molar-refractivity contribution >= 4 is 45.6 Å². The molecule has 2 aliphatic heterocycles. The number of nitrogens with zero attached hydrogens (tertiary/aromatic N) is 3. The van der Waals surface area contributed by atoms with Crippen molar-refractivity contribution in [3.05, 3.63) is 59.0 Å². The Balaban J connectivity index is 1.30. The van der Waals surface area contributed by atoms with Crippen LogP contribution in [-0.4, -0.2) is 36.3 Å². The fourth-order valence-corrected chi connectivity index (χ4v) is 5.38. The molecule has 0 saturated carbocycles. The fraction of sp³-hybridized carbons (Fsp3) is 0.308. The third-order valence-electron chi connectivity index (χ3n) is 6.74. The third-order valence-corrected chi connectivity index (χ3v) is 7.50. The number of hydrogen-bond donors (Lipinski definition) is 1. The topological polar surface area (TPSA) is 82.6 Å². The van der Waals surface area contributed by atoms with Crippen LogP contribution in [0.25, 0.3) is 11.3 Å². The molecule has 0 bridgehead atoms.